The van der Waals surface area contributed by atoms with Crippen LogP contribution >= 0.6 is 11.6 Å². The van der Waals surface area contributed by atoms with Crippen molar-refractivity contribution in [3.05, 3.63) is 11.2 Å². The Morgan fingerprint density at radius 1 is 1.59 bits per heavy atom. The van der Waals surface area contributed by atoms with Gasteiger partial charge < -0.3 is 10.0 Å². The van der Waals surface area contributed by atoms with Crippen LogP contribution in [0.1, 0.15) is 19.3 Å². The highest BCUT2D eigenvalue weighted by molar-refractivity contribution is 6.32. The van der Waals surface area contributed by atoms with Crippen molar-refractivity contribution < 1.29 is 5.11 Å². The molecule has 1 aromatic heterocycles. The Kier molecular flexibility index (Phi) is 3.98. The minimum absolute atomic E-state index is 0.0711. The number of rotatable bonds is 3. The molecule has 0 amide bonds. The van der Waals surface area contributed by atoms with Crippen molar-refractivity contribution in [3.8, 4) is 0 Å². The number of hydrogen-bond acceptors (Lipinski definition) is 6. The fraction of sp³-hybridized carbons (Fsp3) is 0.600. The largest absolute Gasteiger partial charge is 0.394 e. The summed E-state index contributed by atoms with van der Waals surface area (Å²) in [6.07, 6.45) is 4.65. The third-order valence-corrected chi connectivity index (χ3v) is 3.23. The summed E-state index contributed by atoms with van der Waals surface area (Å²) in [5.41, 5.74) is 2.40. The van der Waals surface area contributed by atoms with Gasteiger partial charge in [0.15, 0.2) is 5.82 Å². The van der Waals surface area contributed by atoms with Crippen molar-refractivity contribution in [2.45, 2.75) is 25.3 Å². The third-order valence-electron chi connectivity index (χ3n) is 2.96. The molecule has 0 saturated carbocycles. The Labute approximate surface area is 105 Å². The molecule has 0 bridgehead atoms. The number of halogens is 1. The standard InChI is InChI=1S/C10H16ClN5O/c11-8-5-13-10(15-12)14-9(8)16-4-2-1-3-7(16)6-17/h5,7,17H,1-4,6,12H2,(H,13,14,15). The molecule has 7 heteroatoms. The zero-order valence-electron chi connectivity index (χ0n) is 9.43. The van der Waals surface area contributed by atoms with Crippen LogP contribution in [0.4, 0.5) is 11.8 Å². The summed E-state index contributed by atoms with van der Waals surface area (Å²) in [5.74, 6) is 6.24. The van der Waals surface area contributed by atoms with Gasteiger partial charge in [-0.05, 0) is 19.3 Å². The number of aliphatic hydroxyl groups is 1. The smallest absolute Gasteiger partial charge is 0.239 e. The van der Waals surface area contributed by atoms with Crippen molar-refractivity contribution in [1.82, 2.24) is 9.97 Å². The van der Waals surface area contributed by atoms with Gasteiger partial charge in [-0.15, -0.1) is 0 Å². The number of nitrogen functional groups attached to an aromatic ring is 1. The summed E-state index contributed by atoms with van der Waals surface area (Å²) in [6, 6.07) is 0.0711. The SMILES string of the molecule is NNc1ncc(Cl)c(N2CCCCC2CO)n1. The normalized spacial score (nSPS) is 20.4. The maximum atomic E-state index is 9.37. The van der Waals surface area contributed by atoms with E-state index in [2.05, 4.69) is 15.4 Å². The molecule has 94 valence electrons. The number of aromatic nitrogens is 2. The number of nitrogens with one attached hydrogen (secondary N) is 1. The second kappa shape index (κ2) is 5.48. The van der Waals surface area contributed by atoms with Crippen LogP contribution in [-0.4, -0.2) is 34.3 Å². The second-order valence-electron chi connectivity index (χ2n) is 4.04. The quantitative estimate of drug-likeness (QED) is 0.548. The molecule has 2 rings (SSSR count). The summed E-state index contributed by atoms with van der Waals surface area (Å²) < 4.78 is 0. The molecule has 0 radical (unpaired) electrons. The number of hydrazine groups is 1. The van der Waals surface area contributed by atoms with Crippen LogP contribution in [0.3, 0.4) is 0 Å². The number of piperidine rings is 1. The number of anilines is 2. The average Bonchev–Trinajstić information content (AvgIpc) is 2.39. The molecule has 1 aliphatic heterocycles. The van der Waals surface area contributed by atoms with Crippen LogP contribution in [0, 0.1) is 0 Å². The Hall–Kier alpha value is -1.11. The molecule has 17 heavy (non-hydrogen) atoms. The van der Waals surface area contributed by atoms with Crippen molar-refractivity contribution in [2.24, 2.45) is 5.84 Å². The average molecular weight is 258 g/mol. The van der Waals surface area contributed by atoms with Crippen LogP contribution in [0.2, 0.25) is 5.02 Å². The molecule has 1 aliphatic rings. The fourth-order valence-corrected chi connectivity index (χ4v) is 2.30. The van der Waals surface area contributed by atoms with Gasteiger partial charge in [-0.3, -0.25) is 5.43 Å². The van der Waals surface area contributed by atoms with E-state index in [4.69, 9.17) is 17.4 Å². The lowest BCUT2D eigenvalue weighted by atomic mass is 10.0. The maximum Gasteiger partial charge on any atom is 0.239 e. The third kappa shape index (κ3) is 2.59. The maximum absolute atomic E-state index is 9.37. The van der Waals surface area contributed by atoms with Crippen LogP contribution < -0.4 is 16.2 Å². The van der Waals surface area contributed by atoms with E-state index in [1.807, 2.05) is 4.90 Å². The van der Waals surface area contributed by atoms with Crippen molar-refractivity contribution in [3.63, 3.8) is 0 Å². The Bertz CT molecular complexity index is 389. The topological polar surface area (TPSA) is 87.3 Å². The molecule has 4 N–H and O–H groups in total. The molecule has 1 atom stereocenters. The highest BCUT2D eigenvalue weighted by Gasteiger charge is 2.25. The molecule has 1 fully saturated rings. The van der Waals surface area contributed by atoms with Gasteiger partial charge in [0.25, 0.3) is 0 Å². The molecule has 0 aromatic carbocycles. The number of nitrogens with two attached hydrogens (primary N) is 1. The van der Waals surface area contributed by atoms with Gasteiger partial charge in [-0.1, -0.05) is 11.6 Å². The summed E-state index contributed by atoms with van der Waals surface area (Å²) in [6.45, 7) is 0.942. The molecule has 6 nitrogen and oxygen atoms in total. The van der Waals surface area contributed by atoms with Crippen LogP contribution in [0.5, 0.6) is 0 Å². The minimum atomic E-state index is 0.0711. The zero-order chi connectivity index (χ0) is 12.3. The van der Waals surface area contributed by atoms with E-state index >= 15 is 0 Å². The van der Waals surface area contributed by atoms with Gasteiger partial charge in [0, 0.05) is 6.54 Å². The molecular weight excluding hydrogens is 242 g/mol. The number of aliphatic hydroxyl groups excluding tert-OH is 1. The number of nitrogens with zero attached hydrogens (tertiary/aromatic N) is 3. The Morgan fingerprint density at radius 3 is 3.12 bits per heavy atom. The van der Waals surface area contributed by atoms with E-state index in [0.717, 1.165) is 25.8 Å². The van der Waals surface area contributed by atoms with Gasteiger partial charge in [0.05, 0.1) is 18.8 Å². The van der Waals surface area contributed by atoms with E-state index in [9.17, 15) is 5.11 Å². The molecule has 0 aliphatic carbocycles. The summed E-state index contributed by atoms with van der Waals surface area (Å²) in [4.78, 5) is 10.2. The fourth-order valence-electron chi connectivity index (χ4n) is 2.10. The van der Waals surface area contributed by atoms with Gasteiger partial charge in [0.2, 0.25) is 5.95 Å². The van der Waals surface area contributed by atoms with E-state index in [-0.39, 0.29) is 12.6 Å². The van der Waals surface area contributed by atoms with E-state index in [1.165, 1.54) is 6.20 Å². The predicted molar refractivity (Wildman–Crippen MR) is 66.9 cm³/mol. The molecule has 2 heterocycles. The summed E-state index contributed by atoms with van der Waals surface area (Å²) in [5, 5.41) is 9.85. The molecule has 1 unspecified atom stereocenters. The first kappa shape index (κ1) is 12.3. The highest BCUT2D eigenvalue weighted by atomic mass is 35.5. The van der Waals surface area contributed by atoms with Gasteiger partial charge >= 0.3 is 0 Å². The first-order chi connectivity index (χ1) is 8.26. The van der Waals surface area contributed by atoms with E-state index < -0.39 is 0 Å². The van der Waals surface area contributed by atoms with E-state index in [1.54, 1.807) is 0 Å². The molecular formula is C10H16ClN5O. The minimum Gasteiger partial charge on any atom is -0.394 e. The highest BCUT2D eigenvalue weighted by Crippen LogP contribution is 2.29. The van der Waals surface area contributed by atoms with Crippen LogP contribution in [0.15, 0.2) is 6.20 Å². The molecule has 1 saturated heterocycles. The zero-order valence-corrected chi connectivity index (χ0v) is 10.2. The van der Waals surface area contributed by atoms with Crippen molar-refractivity contribution >= 4 is 23.4 Å². The van der Waals surface area contributed by atoms with Gasteiger partial charge in [-0.25, -0.2) is 10.8 Å². The number of hydrogen-bond donors (Lipinski definition) is 3. The van der Waals surface area contributed by atoms with Crippen molar-refractivity contribution in [1.29, 1.82) is 0 Å². The molecule has 1 aromatic rings. The summed E-state index contributed by atoms with van der Waals surface area (Å²) >= 11 is 6.09. The lowest BCUT2D eigenvalue weighted by Gasteiger charge is -2.35. The lowest BCUT2D eigenvalue weighted by molar-refractivity contribution is 0.239. The van der Waals surface area contributed by atoms with Crippen LogP contribution in [-0.2, 0) is 0 Å². The first-order valence-electron chi connectivity index (χ1n) is 5.63. The first-order valence-corrected chi connectivity index (χ1v) is 6.00. The Balaban J connectivity index is 2.30. The van der Waals surface area contributed by atoms with Crippen molar-refractivity contribution in [2.75, 3.05) is 23.5 Å². The predicted octanol–water partition coefficient (Wildman–Crippen LogP) is 0.767. The Morgan fingerprint density at radius 2 is 2.41 bits per heavy atom. The second-order valence-corrected chi connectivity index (χ2v) is 4.44. The lowest BCUT2D eigenvalue weighted by Crippen LogP contribution is -2.42. The summed E-state index contributed by atoms with van der Waals surface area (Å²) in [7, 11) is 0. The van der Waals surface area contributed by atoms with Gasteiger partial charge in [-0.2, -0.15) is 4.98 Å². The monoisotopic (exact) mass is 257 g/mol. The van der Waals surface area contributed by atoms with Gasteiger partial charge in [0.1, 0.15) is 5.02 Å². The molecule has 0 spiro atoms. The van der Waals surface area contributed by atoms with Crippen LogP contribution in [0.25, 0.3) is 0 Å². The van der Waals surface area contributed by atoms with E-state index in [0.29, 0.717) is 16.8 Å².